The summed E-state index contributed by atoms with van der Waals surface area (Å²) in [4.78, 5) is 30.6. The summed E-state index contributed by atoms with van der Waals surface area (Å²) in [5.41, 5.74) is 3.08. The van der Waals surface area contributed by atoms with E-state index < -0.39 is 5.97 Å². The van der Waals surface area contributed by atoms with E-state index in [-0.39, 0.29) is 23.8 Å². The van der Waals surface area contributed by atoms with E-state index in [1.807, 2.05) is 31.2 Å². The van der Waals surface area contributed by atoms with Gasteiger partial charge in [0.05, 0.1) is 11.4 Å². The van der Waals surface area contributed by atoms with Crippen LogP contribution in [0.5, 0.6) is 5.75 Å². The SMILES string of the molecule is CCc1ccccc1N(C(C)=O)c1nc(COC(=O)c2cccc(C)c2O)cs1. The van der Waals surface area contributed by atoms with Crippen LogP contribution in [-0.4, -0.2) is 22.0 Å². The van der Waals surface area contributed by atoms with Crippen LogP contribution in [-0.2, 0) is 22.6 Å². The van der Waals surface area contributed by atoms with Gasteiger partial charge in [0.15, 0.2) is 5.13 Å². The number of aryl methyl sites for hydroxylation is 2. The molecule has 0 aliphatic carbocycles. The lowest BCUT2D eigenvalue weighted by atomic mass is 10.1. The first-order valence-electron chi connectivity index (χ1n) is 9.21. The van der Waals surface area contributed by atoms with E-state index in [1.165, 1.54) is 24.3 Å². The molecule has 0 spiro atoms. The molecule has 6 nitrogen and oxygen atoms in total. The molecular formula is C22H22N2O4S. The molecule has 0 aliphatic heterocycles. The van der Waals surface area contributed by atoms with Gasteiger partial charge in [0.25, 0.3) is 0 Å². The Balaban J connectivity index is 1.78. The highest BCUT2D eigenvalue weighted by Crippen LogP contribution is 2.32. The van der Waals surface area contributed by atoms with Gasteiger partial charge in [0.1, 0.15) is 17.9 Å². The summed E-state index contributed by atoms with van der Waals surface area (Å²) in [5, 5.41) is 12.3. The summed E-state index contributed by atoms with van der Waals surface area (Å²) in [6.45, 7) is 5.19. The number of esters is 1. The molecule has 1 aromatic heterocycles. The van der Waals surface area contributed by atoms with Gasteiger partial charge in [-0.2, -0.15) is 0 Å². The number of anilines is 2. The molecule has 3 aromatic rings. The Kier molecular flexibility index (Phi) is 6.29. The van der Waals surface area contributed by atoms with Crippen molar-refractivity contribution in [2.24, 2.45) is 0 Å². The standard InChI is InChI=1S/C22H22N2O4S/c1-4-16-9-5-6-11-19(16)24(15(3)25)22-23-17(13-29-22)12-28-21(27)18-10-7-8-14(2)20(18)26/h5-11,13,26H,4,12H2,1-3H3. The number of benzene rings is 2. The Morgan fingerprint density at radius 3 is 2.66 bits per heavy atom. The predicted molar refractivity (Wildman–Crippen MR) is 113 cm³/mol. The molecule has 0 saturated carbocycles. The first-order chi connectivity index (χ1) is 13.9. The van der Waals surface area contributed by atoms with Crippen molar-refractivity contribution in [3.8, 4) is 5.75 Å². The number of aromatic nitrogens is 1. The largest absolute Gasteiger partial charge is 0.507 e. The van der Waals surface area contributed by atoms with E-state index in [1.54, 1.807) is 29.3 Å². The molecule has 1 heterocycles. The molecule has 0 unspecified atom stereocenters. The third kappa shape index (κ3) is 4.46. The number of amides is 1. The summed E-state index contributed by atoms with van der Waals surface area (Å²) >= 11 is 1.31. The average Bonchev–Trinajstić information content (AvgIpc) is 3.17. The summed E-state index contributed by atoms with van der Waals surface area (Å²) in [5.74, 6) is -0.857. The van der Waals surface area contributed by atoms with Crippen molar-refractivity contribution in [3.05, 3.63) is 70.2 Å². The number of carbonyl (C=O) groups excluding carboxylic acids is 2. The zero-order valence-corrected chi connectivity index (χ0v) is 17.3. The van der Waals surface area contributed by atoms with Crippen molar-refractivity contribution in [2.45, 2.75) is 33.8 Å². The number of hydrogen-bond acceptors (Lipinski definition) is 6. The molecule has 0 radical (unpaired) electrons. The lowest BCUT2D eigenvalue weighted by molar-refractivity contribution is -0.115. The number of phenols is 1. The van der Waals surface area contributed by atoms with Crippen LogP contribution < -0.4 is 4.90 Å². The average molecular weight is 410 g/mol. The van der Waals surface area contributed by atoms with Gasteiger partial charge in [-0.25, -0.2) is 9.78 Å². The smallest absolute Gasteiger partial charge is 0.342 e. The topological polar surface area (TPSA) is 79.7 Å². The molecule has 150 valence electrons. The lowest BCUT2D eigenvalue weighted by Gasteiger charge is -2.20. The number of para-hydroxylation sites is 2. The highest BCUT2D eigenvalue weighted by molar-refractivity contribution is 7.14. The molecule has 3 rings (SSSR count). The Morgan fingerprint density at radius 1 is 1.17 bits per heavy atom. The third-order valence-electron chi connectivity index (χ3n) is 4.47. The van der Waals surface area contributed by atoms with Gasteiger partial charge < -0.3 is 9.84 Å². The van der Waals surface area contributed by atoms with Crippen molar-refractivity contribution >= 4 is 34.0 Å². The number of phenolic OH excluding ortho intramolecular Hbond substituents is 1. The minimum Gasteiger partial charge on any atom is -0.507 e. The van der Waals surface area contributed by atoms with Crippen LogP contribution in [0.25, 0.3) is 0 Å². The van der Waals surface area contributed by atoms with Crippen LogP contribution in [0, 0.1) is 6.92 Å². The maximum absolute atomic E-state index is 12.3. The van der Waals surface area contributed by atoms with Gasteiger partial charge in [0, 0.05) is 12.3 Å². The normalized spacial score (nSPS) is 10.6. The quantitative estimate of drug-likeness (QED) is 0.593. The maximum Gasteiger partial charge on any atom is 0.342 e. The van der Waals surface area contributed by atoms with Crippen molar-refractivity contribution in [1.29, 1.82) is 0 Å². The van der Waals surface area contributed by atoms with Crippen LogP contribution >= 0.6 is 11.3 Å². The van der Waals surface area contributed by atoms with Gasteiger partial charge in [-0.05, 0) is 36.6 Å². The third-order valence-corrected chi connectivity index (χ3v) is 5.34. The van der Waals surface area contributed by atoms with E-state index in [2.05, 4.69) is 4.98 Å². The van der Waals surface area contributed by atoms with Crippen molar-refractivity contribution in [2.75, 3.05) is 4.90 Å². The second kappa shape index (κ2) is 8.87. The van der Waals surface area contributed by atoms with Crippen LogP contribution in [0.1, 0.15) is 41.0 Å². The van der Waals surface area contributed by atoms with Crippen LogP contribution in [0.15, 0.2) is 47.8 Å². The number of aromatic hydroxyl groups is 1. The van der Waals surface area contributed by atoms with E-state index >= 15 is 0 Å². The fourth-order valence-electron chi connectivity index (χ4n) is 2.94. The summed E-state index contributed by atoms with van der Waals surface area (Å²) < 4.78 is 5.30. The summed E-state index contributed by atoms with van der Waals surface area (Å²) in [6.07, 6.45) is 0.787. The lowest BCUT2D eigenvalue weighted by Crippen LogP contribution is -2.23. The Hall–Kier alpha value is -3.19. The molecule has 2 aromatic carbocycles. The Labute approximate surface area is 173 Å². The molecule has 29 heavy (non-hydrogen) atoms. The van der Waals surface area contributed by atoms with Gasteiger partial charge >= 0.3 is 5.97 Å². The summed E-state index contributed by atoms with van der Waals surface area (Å²) in [6, 6.07) is 12.6. The minimum atomic E-state index is -0.625. The number of rotatable bonds is 6. The number of nitrogens with zero attached hydrogens (tertiary/aromatic N) is 2. The monoisotopic (exact) mass is 410 g/mol. The molecule has 7 heteroatoms. The van der Waals surface area contributed by atoms with Crippen LogP contribution in [0.2, 0.25) is 0 Å². The van der Waals surface area contributed by atoms with Crippen molar-refractivity contribution in [1.82, 2.24) is 4.98 Å². The molecule has 1 amide bonds. The molecular weight excluding hydrogens is 388 g/mol. The highest BCUT2D eigenvalue weighted by Gasteiger charge is 2.21. The van der Waals surface area contributed by atoms with Gasteiger partial charge in [-0.3, -0.25) is 9.69 Å². The fourth-order valence-corrected chi connectivity index (χ4v) is 3.81. The van der Waals surface area contributed by atoms with E-state index in [0.29, 0.717) is 16.4 Å². The second-order valence-electron chi connectivity index (χ2n) is 6.51. The van der Waals surface area contributed by atoms with Crippen molar-refractivity contribution in [3.63, 3.8) is 0 Å². The predicted octanol–water partition coefficient (Wildman–Crippen LogP) is 4.76. The number of thiazole rings is 1. The van der Waals surface area contributed by atoms with Gasteiger partial charge in [-0.1, -0.05) is 37.3 Å². The minimum absolute atomic E-state index is 0.0517. The second-order valence-corrected chi connectivity index (χ2v) is 7.34. The highest BCUT2D eigenvalue weighted by atomic mass is 32.1. The zero-order valence-electron chi connectivity index (χ0n) is 16.5. The zero-order chi connectivity index (χ0) is 21.0. The van der Waals surface area contributed by atoms with Gasteiger partial charge in [0.2, 0.25) is 5.91 Å². The molecule has 0 fully saturated rings. The van der Waals surface area contributed by atoms with E-state index in [9.17, 15) is 14.7 Å². The molecule has 0 saturated heterocycles. The van der Waals surface area contributed by atoms with Gasteiger partial charge in [-0.15, -0.1) is 11.3 Å². The number of carbonyl (C=O) groups is 2. The summed E-state index contributed by atoms with van der Waals surface area (Å²) in [7, 11) is 0. The molecule has 0 bridgehead atoms. The number of hydrogen-bond donors (Lipinski definition) is 1. The van der Waals surface area contributed by atoms with E-state index in [4.69, 9.17) is 4.74 Å². The van der Waals surface area contributed by atoms with E-state index in [0.717, 1.165) is 17.7 Å². The molecule has 0 atom stereocenters. The van der Waals surface area contributed by atoms with Crippen LogP contribution in [0.3, 0.4) is 0 Å². The maximum atomic E-state index is 12.3. The van der Waals surface area contributed by atoms with Crippen molar-refractivity contribution < 1.29 is 19.4 Å². The van der Waals surface area contributed by atoms with Crippen LogP contribution in [0.4, 0.5) is 10.8 Å². The first-order valence-corrected chi connectivity index (χ1v) is 10.1. The first kappa shape index (κ1) is 20.5. The fraction of sp³-hybridized carbons (Fsp3) is 0.227. The number of ether oxygens (including phenoxy) is 1. The Morgan fingerprint density at radius 2 is 1.93 bits per heavy atom. The molecule has 0 aliphatic rings. The Bertz CT molecular complexity index is 1040. The molecule has 1 N–H and O–H groups in total.